The van der Waals surface area contributed by atoms with Crippen LogP contribution in [-0.2, 0) is 9.84 Å². The maximum atomic E-state index is 12.1. The highest BCUT2D eigenvalue weighted by atomic mass is 32.2. The molecule has 0 aliphatic rings. The first kappa shape index (κ1) is 13.8. The lowest BCUT2D eigenvalue weighted by atomic mass is 10.3. The summed E-state index contributed by atoms with van der Waals surface area (Å²) in [6, 6.07) is 4.59. The zero-order chi connectivity index (χ0) is 13.1. The highest BCUT2D eigenvalue weighted by Gasteiger charge is 2.25. The Kier molecular flexibility index (Phi) is 4.36. The van der Waals surface area contributed by atoms with Gasteiger partial charge in [-0.3, -0.25) is 0 Å². The molecule has 0 saturated heterocycles. The van der Waals surface area contributed by atoms with Crippen molar-refractivity contribution in [1.82, 2.24) is 0 Å². The van der Waals surface area contributed by atoms with Gasteiger partial charge in [-0.05, 0) is 19.1 Å². The zero-order valence-electron chi connectivity index (χ0n) is 10.1. The largest absolute Gasteiger partial charge is 0.497 e. The van der Waals surface area contributed by atoms with E-state index in [4.69, 9.17) is 15.2 Å². The Labute approximate surface area is 101 Å². The SMILES string of the molecule is COc1ccc(S(=O)(=O)C(C)CN)c(OC)c1. The van der Waals surface area contributed by atoms with Gasteiger partial charge in [-0.25, -0.2) is 8.42 Å². The minimum Gasteiger partial charge on any atom is -0.497 e. The smallest absolute Gasteiger partial charge is 0.185 e. The predicted molar refractivity (Wildman–Crippen MR) is 65.2 cm³/mol. The molecule has 0 saturated carbocycles. The van der Waals surface area contributed by atoms with Crippen LogP contribution < -0.4 is 15.2 Å². The van der Waals surface area contributed by atoms with Gasteiger partial charge in [0.15, 0.2) is 9.84 Å². The van der Waals surface area contributed by atoms with Crippen LogP contribution in [0.3, 0.4) is 0 Å². The van der Waals surface area contributed by atoms with Crippen molar-refractivity contribution >= 4 is 9.84 Å². The van der Waals surface area contributed by atoms with Gasteiger partial charge in [0.1, 0.15) is 16.4 Å². The van der Waals surface area contributed by atoms with Crippen LogP contribution in [0, 0.1) is 0 Å². The number of benzene rings is 1. The second kappa shape index (κ2) is 5.37. The molecule has 6 heteroatoms. The van der Waals surface area contributed by atoms with Gasteiger partial charge < -0.3 is 15.2 Å². The number of ether oxygens (including phenoxy) is 2. The van der Waals surface area contributed by atoms with Crippen molar-refractivity contribution in [3.63, 3.8) is 0 Å². The van der Waals surface area contributed by atoms with E-state index in [2.05, 4.69) is 0 Å². The van der Waals surface area contributed by atoms with Crippen LogP contribution in [0.2, 0.25) is 0 Å². The van der Waals surface area contributed by atoms with Gasteiger partial charge in [0.2, 0.25) is 0 Å². The van der Waals surface area contributed by atoms with E-state index in [0.717, 1.165) is 0 Å². The van der Waals surface area contributed by atoms with E-state index in [1.165, 1.54) is 26.4 Å². The molecule has 0 aromatic heterocycles. The first-order chi connectivity index (χ1) is 7.97. The van der Waals surface area contributed by atoms with Crippen LogP contribution in [-0.4, -0.2) is 34.4 Å². The van der Waals surface area contributed by atoms with Gasteiger partial charge in [-0.1, -0.05) is 0 Å². The molecular weight excluding hydrogens is 242 g/mol. The normalized spacial score (nSPS) is 13.2. The maximum absolute atomic E-state index is 12.1. The molecule has 5 nitrogen and oxygen atoms in total. The molecule has 0 spiro atoms. The van der Waals surface area contributed by atoms with Crippen molar-refractivity contribution in [3.05, 3.63) is 18.2 Å². The van der Waals surface area contributed by atoms with Gasteiger partial charge >= 0.3 is 0 Å². The minimum atomic E-state index is -3.46. The molecular formula is C11H17NO4S. The molecule has 0 heterocycles. The zero-order valence-corrected chi connectivity index (χ0v) is 11.0. The number of sulfone groups is 1. The van der Waals surface area contributed by atoms with E-state index in [1.54, 1.807) is 13.0 Å². The Morgan fingerprint density at radius 3 is 2.41 bits per heavy atom. The Hall–Kier alpha value is -1.27. The molecule has 0 aliphatic heterocycles. The lowest BCUT2D eigenvalue weighted by Gasteiger charge is -2.14. The first-order valence-corrected chi connectivity index (χ1v) is 6.68. The Morgan fingerprint density at radius 1 is 1.29 bits per heavy atom. The molecule has 96 valence electrons. The van der Waals surface area contributed by atoms with Gasteiger partial charge in [0, 0.05) is 12.6 Å². The third kappa shape index (κ3) is 2.70. The van der Waals surface area contributed by atoms with Gasteiger partial charge in [-0.2, -0.15) is 0 Å². The molecule has 0 aliphatic carbocycles. The van der Waals surface area contributed by atoms with E-state index < -0.39 is 15.1 Å². The molecule has 1 aromatic rings. The van der Waals surface area contributed by atoms with E-state index >= 15 is 0 Å². The summed E-state index contributed by atoms with van der Waals surface area (Å²) in [6.07, 6.45) is 0. The molecule has 1 rings (SSSR count). The molecule has 0 fully saturated rings. The summed E-state index contributed by atoms with van der Waals surface area (Å²) in [5, 5.41) is -0.648. The Balaban J connectivity index is 3.32. The van der Waals surface area contributed by atoms with Gasteiger partial charge in [-0.15, -0.1) is 0 Å². The lowest BCUT2D eigenvalue weighted by Crippen LogP contribution is -2.27. The second-order valence-corrected chi connectivity index (χ2v) is 5.94. The van der Waals surface area contributed by atoms with Crippen molar-refractivity contribution < 1.29 is 17.9 Å². The average molecular weight is 259 g/mol. The van der Waals surface area contributed by atoms with Crippen molar-refractivity contribution in [2.75, 3.05) is 20.8 Å². The van der Waals surface area contributed by atoms with Crippen molar-refractivity contribution in [1.29, 1.82) is 0 Å². The van der Waals surface area contributed by atoms with E-state index in [1.807, 2.05) is 0 Å². The fourth-order valence-electron chi connectivity index (χ4n) is 1.35. The topological polar surface area (TPSA) is 78.6 Å². The summed E-state index contributed by atoms with van der Waals surface area (Å²) >= 11 is 0. The van der Waals surface area contributed by atoms with Gasteiger partial charge in [0.05, 0.1) is 19.5 Å². The molecule has 1 aromatic carbocycles. The van der Waals surface area contributed by atoms with Crippen molar-refractivity contribution in [2.24, 2.45) is 5.73 Å². The summed E-state index contributed by atoms with van der Waals surface area (Å²) < 4.78 is 34.4. The predicted octanol–water partition coefficient (Wildman–Crippen LogP) is 0.825. The van der Waals surface area contributed by atoms with Crippen molar-refractivity contribution in [2.45, 2.75) is 17.1 Å². The summed E-state index contributed by atoms with van der Waals surface area (Å²) in [5.41, 5.74) is 5.40. The summed E-state index contributed by atoms with van der Waals surface area (Å²) in [4.78, 5) is 0.138. The minimum absolute atomic E-state index is 0.0670. The molecule has 0 bridgehead atoms. The number of hydrogen-bond donors (Lipinski definition) is 1. The summed E-state index contributed by atoms with van der Waals surface area (Å²) in [5.74, 6) is 0.811. The standard InChI is InChI=1S/C11H17NO4S/c1-8(7-12)17(13,14)11-5-4-9(15-2)6-10(11)16-3/h4-6,8H,7,12H2,1-3H3. The molecule has 2 N–H and O–H groups in total. The highest BCUT2D eigenvalue weighted by Crippen LogP contribution is 2.30. The van der Waals surface area contributed by atoms with E-state index in [-0.39, 0.29) is 17.2 Å². The van der Waals surface area contributed by atoms with Crippen LogP contribution in [0.5, 0.6) is 11.5 Å². The molecule has 1 unspecified atom stereocenters. The quantitative estimate of drug-likeness (QED) is 0.847. The summed E-state index contributed by atoms with van der Waals surface area (Å²) in [6.45, 7) is 1.64. The maximum Gasteiger partial charge on any atom is 0.185 e. The van der Waals surface area contributed by atoms with Gasteiger partial charge in [0.25, 0.3) is 0 Å². The lowest BCUT2D eigenvalue weighted by molar-refractivity contribution is 0.386. The third-order valence-electron chi connectivity index (χ3n) is 2.54. The van der Waals surface area contributed by atoms with Crippen LogP contribution in [0.1, 0.15) is 6.92 Å². The van der Waals surface area contributed by atoms with Crippen LogP contribution in [0.15, 0.2) is 23.1 Å². The highest BCUT2D eigenvalue weighted by molar-refractivity contribution is 7.92. The molecule has 1 atom stereocenters. The van der Waals surface area contributed by atoms with Crippen molar-refractivity contribution in [3.8, 4) is 11.5 Å². The molecule has 0 amide bonds. The number of hydrogen-bond acceptors (Lipinski definition) is 5. The van der Waals surface area contributed by atoms with Crippen LogP contribution in [0.4, 0.5) is 0 Å². The second-order valence-electron chi connectivity index (χ2n) is 3.61. The first-order valence-electron chi connectivity index (χ1n) is 5.13. The fraction of sp³-hybridized carbons (Fsp3) is 0.455. The van der Waals surface area contributed by atoms with Crippen LogP contribution in [0.25, 0.3) is 0 Å². The van der Waals surface area contributed by atoms with E-state index in [0.29, 0.717) is 5.75 Å². The average Bonchev–Trinajstić information content (AvgIpc) is 2.36. The van der Waals surface area contributed by atoms with E-state index in [9.17, 15) is 8.42 Å². The fourth-order valence-corrected chi connectivity index (χ4v) is 2.72. The number of methoxy groups -OCH3 is 2. The number of nitrogens with two attached hydrogens (primary N) is 1. The van der Waals surface area contributed by atoms with Crippen LogP contribution >= 0.6 is 0 Å². The Bertz CT molecular complexity index is 484. The summed E-state index contributed by atoms with van der Waals surface area (Å²) in [7, 11) is -0.539. The molecule has 17 heavy (non-hydrogen) atoms. The third-order valence-corrected chi connectivity index (χ3v) is 4.74. The molecule has 0 radical (unpaired) electrons. The monoisotopic (exact) mass is 259 g/mol. The number of rotatable bonds is 5. The Morgan fingerprint density at radius 2 is 1.94 bits per heavy atom.